The summed E-state index contributed by atoms with van der Waals surface area (Å²) in [6.07, 6.45) is 92.8. The average molecular weight is 1130 g/mol. The molecule has 0 fully saturated rings. The van der Waals surface area contributed by atoms with Crippen molar-refractivity contribution in [3.63, 3.8) is 0 Å². The standard InChI is InChI=1S/C75H130O6/c1-4-7-10-13-16-19-22-25-28-31-33-34-35-36-37-38-39-40-41-42-43-45-47-50-53-56-59-62-65-68-74(77)80-71-72(70-79-73(76)67-64-61-58-55-52-49-46-30-27-24-21-18-15-12-9-6-3)81-75(78)69-66-63-60-57-54-51-48-44-32-29-26-23-20-17-14-11-8-5-2/h7,10,16,19,21,24-25,28,30,33-34,36-37,39-40,46,72H,4-6,8-9,11-15,17-18,20,22-23,26-27,29,31-32,35,38,41-45,47-71H2,1-3H3/b10-7-,19-16-,24-21-,28-25-,34-33-,37-36-,40-39-,46-30-. The molecular weight excluding hydrogens is 997 g/mol. The number of hydrogen-bond acceptors (Lipinski definition) is 6. The summed E-state index contributed by atoms with van der Waals surface area (Å²) in [5.41, 5.74) is 0. The third kappa shape index (κ3) is 67.0. The average Bonchev–Trinajstić information content (AvgIpc) is 3.47. The molecule has 0 aliphatic carbocycles. The maximum Gasteiger partial charge on any atom is 0.306 e. The lowest BCUT2D eigenvalue weighted by Crippen LogP contribution is -2.30. The molecule has 0 N–H and O–H groups in total. The molecule has 0 radical (unpaired) electrons. The zero-order valence-corrected chi connectivity index (χ0v) is 53.5. The first-order valence-electron chi connectivity index (χ1n) is 34.7. The molecule has 0 bridgehead atoms. The summed E-state index contributed by atoms with van der Waals surface area (Å²) < 4.78 is 17.0. The van der Waals surface area contributed by atoms with E-state index in [0.29, 0.717) is 19.3 Å². The predicted octanol–water partition coefficient (Wildman–Crippen LogP) is 24.0. The molecule has 0 spiro atoms. The van der Waals surface area contributed by atoms with Crippen molar-refractivity contribution in [3.05, 3.63) is 97.2 Å². The van der Waals surface area contributed by atoms with Crippen molar-refractivity contribution in [1.82, 2.24) is 0 Å². The number of hydrogen-bond donors (Lipinski definition) is 0. The van der Waals surface area contributed by atoms with Crippen LogP contribution in [-0.4, -0.2) is 37.2 Å². The van der Waals surface area contributed by atoms with Crippen LogP contribution in [0.15, 0.2) is 97.2 Å². The third-order valence-corrected chi connectivity index (χ3v) is 15.1. The summed E-state index contributed by atoms with van der Waals surface area (Å²) in [6, 6.07) is 0. The van der Waals surface area contributed by atoms with Crippen LogP contribution in [0.1, 0.15) is 342 Å². The van der Waals surface area contributed by atoms with Gasteiger partial charge < -0.3 is 14.2 Å². The summed E-state index contributed by atoms with van der Waals surface area (Å²) in [5, 5.41) is 0. The van der Waals surface area contributed by atoms with Gasteiger partial charge in [-0.1, -0.05) is 317 Å². The van der Waals surface area contributed by atoms with Crippen molar-refractivity contribution in [3.8, 4) is 0 Å². The minimum Gasteiger partial charge on any atom is -0.462 e. The van der Waals surface area contributed by atoms with E-state index in [1.165, 1.54) is 186 Å². The lowest BCUT2D eigenvalue weighted by Gasteiger charge is -2.18. The van der Waals surface area contributed by atoms with Gasteiger partial charge in [0.25, 0.3) is 0 Å². The van der Waals surface area contributed by atoms with Gasteiger partial charge in [0, 0.05) is 19.3 Å². The van der Waals surface area contributed by atoms with E-state index in [1.807, 2.05) is 0 Å². The van der Waals surface area contributed by atoms with Gasteiger partial charge in [-0.2, -0.15) is 0 Å². The molecule has 0 aliphatic heterocycles. The van der Waals surface area contributed by atoms with E-state index < -0.39 is 6.10 Å². The van der Waals surface area contributed by atoms with Crippen LogP contribution in [0.5, 0.6) is 0 Å². The molecule has 6 nitrogen and oxygen atoms in total. The van der Waals surface area contributed by atoms with E-state index in [4.69, 9.17) is 14.2 Å². The zero-order chi connectivity index (χ0) is 58.5. The van der Waals surface area contributed by atoms with E-state index in [0.717, 1.165) is 116 Å². The SMILES string of the molecule is CC/C=C\C/C=C\C/C=C\C/C=C\C/C=C\C/C=C\CCCCCCCCCCCCC(=O)OCC(COC(=O)CCCCCCC/C=C\C/C=C\CCCCCC)OC(=O)CCCCCCCCCCCCCCCCCCCC. The first-order chi connectivity index (χ1) is 40.0. The molecule has 0 aromatic rings. The Morgan fingerprint density at radius 1 is 0.259 bits per heavy atom. The van der Waals surface area contributed by atoms with Crippen molar-refractivity contribution in [2.75, 3.05) is 13.2 Å². The number of allylic oxidation sites excluding steroid dienone is 16. The van der Waals surface area contributed by atoms with Crippen LogP contribution in [-0.2, 0) is 28.6 Å². The van der Waals surface area contributed by atoms with Crippen LogP contribution in [0, 0.1) is 0 Å². The molecule has 466 valence electrons. The lowest BCUT2D eigenvalue weighted by atomic mass is 10.0. The Balaban J connectivity index is 4.32. The maximum absolute atomic E-state index is 12.9. The van der Waals surface area contributed by atoms with E-state index in [-0.39, 0.29) is 31.1 Å². The lowest BCUT2D eigenvalue weighted by molar-refractivity contribution is -0.167. The fraction of sp³-hybridized carbons (Fsp3) is 0.747. The molecule has 6 heteroatoms. The molecule has 0 rings (SSSR count). The molecule has 1 unspecified atom stereocenters. The quantitative estimate of drug-likeness (QED) is 0.0261. The smallest absolute Gasteiger partial charge is 0.306 e. The Kier molecular flexibility index (Phi) is 65.7. The predicted molar refractivity (Wildman–Crippen MR) is 353 cm³/mol. The van der Waals surface area contributed by atoms with Crippen molar-refractivity contribution < 1.29 is 28.6 Å². The topological polar surface area (TPSA) is 78.9 Å². The molecule has 0 aromatic heterocycles. The van der Waals surface area contributed by atoms with Crippen molar-refractivity contribution in [1.29, 1.82) is 0 Å². The normalized spacial score (nSPS) is 12.7. The number of esters is 3. The Bertz CT molecular complexity index is 1580. The van der Waals surface area contributed by atoms with Gasteiger partial charge in [0.15, 0.2) is 6.10 Å². The summed E-state index contributed by atoms with van der Waals surface area (Å²) >= 11 is 0. The zero-order valence-electron chi connectivity index (χ0n) is 53.5. The first-order valence-corrected chi connectivity index (χ1v) is 34.7. The Morgan fingerprint density at radius 3 is 0.765 bits per heavy atom. The summed E-state index contributed by atoms with van der Waals surface area (Å²) in [6.45, 7) is 6.54. The summed E-state index contributed by atoms with van der Waals surface area (Å²) in [7, 11) is 0. The molecule has 0 saturated heterocycles. The molecule has 81 heavy (non-hydrogen) atoms. The number of unbranched alkanes of at least 4 members (excludes halogenated alkanes) is 36. The van der Waals surface area contributed by atoms with Crippen molar-refractivity contribution in [2.45, 2.75) is 348 Å². The molecule has 1 atom stereocenters. The number of carbonyl (C=O) groups excluding carboxylic acids is 3. The van der Waals surface area contributed by atoms with Gasteiger partial charge in [0.1, 0.15) is 13.2 Å². The molecule has 0 aliphatic rings. The van der Waals surface area contributed by atoms with E-state index in [1.54, 1.807) is 0 Å². The van der Waals surface area contributed by atoms with Gasteiger partial charge >= 0.3 is 17.9 Å². The van der Waals surface area contributed by atoms with Crippen LogP contribution < -0.4 is 0 Å². The molecular formula is C75H130O6. The molecule has 0 saturated carbocycles. The first kappa shape index (κ1) is 77.3. The van der Waals surface area contributed by atoms with Gasteiger partial charge in [0.2, 0.25) is 0 Å². The van der Waals surface area contributed by atoms with Crippen molar-refractivity contribution >= 4 is 17.9 Å². The maximum atomic E-state index is 12.9. The monoisotopic (exact) mass is 1130 g/mol. The second kappa shape index (κ2) is 68.8. The van der Waals surface area contributed by atoms with E-state index >= 15 is 0 Å². The summed E-state index contributed by atoms with van der Waals surface area (Å²) in [5.74, 6) is -0.881. The number of ether oxygens (including phenoxy) is 3. The van der Waals surface area contributed by atoms with Crippen LogP contribution in [0.3, 0.4) is 0 Å². The Morgan fingerprint density at radius 2 is 0.481 bits per heavy atom. The number of carbonyl (C=O) groups is 3. The fourth-order valence-electron chi connectivity index (χ4n) is 9.89. The highest BCUT2D eigenvalue weighted by Gasteiger charge is 2.19. The summed E-state index contributed by atoms with van der Waals surface area (Å²) in [4.78, 5) is 38.4. The van der Waals surface area contributed by atoms with Crippen LogP contribution in [0.25, 0.3) is 0 Å². The van der Waals surface area contributed by atoms with Crippen LogP contribution >= 0.6 is 0 Å². The Labute approximate surface area is 502 Å². The Hall–Kier alpha value is -3.67. The molecule has 0 heterocycles. The largest absolute Gasteiger partial charge is 0.462 e. The van der Waals surface area contributed by atoms with Crippen LogP contribution in [0.2, 0.25) is 0 Å². The van der Waals surface area contributed by atoms with Gasteiger partial charge in [-0.05, 0) is 103 Å². The minimum atomic E-state index is -0.785. The third-order valence-electron chi connectivity index (χ3n) is 15.1. The highest BCUT2D eigenvalue weighted by atomic mass is 16.6. The fourth-order valence-corrected chi connectivity index (χ4v) is 9.89. The van der Waals surface area contributed by atoms with Gasteiger partial charge in [-0.3, -0.25) is 14.4 Å². The van der Waals surface area contributed by atoms with Gasteiger partial charge in [-0.15, -0.1) is 0 Å². The highest BCUT2D eigenvalue weighted by molar-refractivity contribution is 5.71. The highest BCUT2D eigenvalue weighted by Crippen LogP contribution is 2.17. The second-order valence-electron chi connectivity index (χ2n) is 23.1. The van der Waals surface area contributed by atoms with E-state index in [2.05, 4.69) is 118 Å². The van der Waals surface area contributed by atoms with Gasteiger partial charge in [-0.25, -0.2) is 0 Å². The van der Waals surface area contributed by atoms with E-state index in [9.17, 15) is 14.4 Å². The van der Waals surface area contributed by atoms with Crippen molar-refractivity contribution in [2.24, 2.45) is 0 Å². The minimum absolute atomic E-state index is 0.0812. The molecule has 0 amide bonds. The van der Waals surface area contributed by atoms with Crippen LogP contribution in [0.4, 0.5) is 0 Å². The van der Waals surface area contributed by atoms with Gasteiger partial charge in [0.05, 0.1) is 0 Å². The molecule has 0 aromatic carbocycles. The second-order valence-corrected chi connectivity index (χ2v) is 23.1. The number of rotatable bonds is 63.